The largest absolute Gasteiger partial charge is 0.466 e. The number of hydrogen-bond donors (Lipinski definition) is 0. The Hall–Kier alpha value is -0.830. The highest BCUT2D eigenvalue weighted by molar-refractivity contribution is 5.69. The van der Waals surface area contributed by atoms with Crippen LogP contribution in [0.5, 0.6) is 0 Å². The van der Waals surface area contributed by atoms with E-state index in [4.69, 9.17) is 4.74 Å². The maximum Gasteiger partial charge on any atom is 0.305 e. The molecule has 0 saturated carbocycles. The molecule has 1 aliphatic carbocycles. The van der Waals surface area contributed by atoms with Crippen LogP contribution < -0.4 is 0 Å². The van der Waals surface area contributed by atoms with Gasteiger partial charge in [0, 0.05) is 13.0 Å². The lowest BCUT2D eigenvalue weighted by Crippen LogP contribution is -2.16. The zero-order valence-electron chi connectivity index (χ0n) is 16.1. The van der Waals surface area contributed by atoms with E-state index in [1.165, 1.54) is 64.2 Å². The summed E-state index contributed by atoms with van der Waals surface area (Å²) in [5.41, 5.74) is 0. The minimum absolute atomic E-state index is 0.0188. The van der Waals surface area contributed by atoms with Gasteiger partial charge in [-0.1, -0.05) is 57.1 Å². The number of nitrogens with zero attached hydrogens (tertiary/aromatic N) is 1. The van der Waals surface area contributed by atoms with Crippen LogP contribution in [0.3, 0.4) is 0 Å². The number of ether oxygens (including phenoxy) is 1. The number of carbonyl (C=O) groups excluding carboxylic acids is 1. The molecule has 0 saturated heterocycles. The second-order valence-corrected chi connectivity index (χ2v) is 7.51. The fraction of sp³-hybridized carbons (Fsp3) is 0.857. The monoisotopic (exact) mass is 337 g/mol. The Morgan fingerprint density at radius 3 is 2.29 bits per heavy atom. The SMILES string of the molecule is CN(C)CCCOC(=O)CCCCCCCCCCC1C=CCC1. The molecule has 0 fully saturated rings. The number of carbonyl (C=O) groups is 1. The quantitative estimate of drug-likeness (QED) is 0.229. The fourth-order valence-corrected chi connectivity index (χ4v) is 3.31. The second kappa shape index (κ2) is 14.5. The molecule has 0 amide bonds. The van der Waals surface area contributed by atoms with Crippen LogP contribution in [0.2, 0.25) is 0 Å². The number of esters is 1. The van der Waals surface area contributed by atoms with Crippen LogP contribution in [0.4, 0.5) is 0 Å². The average molecular weight is 338 g/mol. The van der Waals surface area contributed by atoms with E-state index < -0.39 is 0 Å². The molecule has 3 nitrogen and oxygen atoms in total. The van der Waals surface area contributed by atoms with Crippen molar-refractivity contribution in [2.24, 2.45) is 5.92 Å². The Labute approximate surface area is 149 Å². The van der Waals surface area contributed by atoms with Gasteiger partial charge in [0.1, 0.15) is 0 Å². The van der Waals surface area contributed by atoms with Gasteiger partial charge >= 0.3 is 5.97 Å². The normalized spacial score (nSPS) is 16.9. The predicted molar refractivity (Wildman–Crippen MR) is 102 cm³/mol. The van der Waals surface area contributed by atoms with Crippen LogP contribution in [-0.4, -0.2) is 38.1 Å². The molecule has 0 heterocycles. The molecule has 0 bridgehead atoms. The first-order chi connectivity index (χ1) is 11.7. The van der Waals surface area contributed by atoms with Crippen LogP contribution in [0, 0.1) is 5.92 Å². The Morgan fingerprint density at radius 1 is 1.00 bits per heavy atom. The first-order valence-corrected chi connectivity index (χ1v) is 10.2. The van der Waals surface area contributed by atoms with Crippen molar-refractivity contribution in [1.82, 2.24) is 4.90 Å². The molecule has 0 aromatic rings. The maximum absolute atomic E-state index is 11.6. The van der Waals surface area contributed by atoms with Gasteiger partial charge in [-0.05, 0) is 52.1 Å². The minimum atomic E-state index is -0.0188. The van der Waals surface area contributed by atoms with Gasteiger partial charge in [0.05, 0.1) is 6.61 Å². The summed E-state index contributed by atoms with van der Waals surface area (Å²) >= 11 is 0. The van der Waals surface area contributed by atoms with Crippen LogP contribution >= 0.6 is 0 Å². The Balaban J connectivity index is 1.75. The molecule has 0 aromatic carbocycles. The molecular weight excluding hydrogens is 298 g/mol. The highest BCUT2D eigenvalue weighted by Crippen LogP contribution is 2.23. The molecule has 0 aliphatic heterocycles. The van der Waals surface area contributed by atoms with Crippen molar-refractivity contribution in [3.05, 3.63) is 12.2 Å². The summed E-state index contributed by atoms with van der Waals surface area (Å²) in [6, 6.07) is 0. The molecule has 3 heteroatoms. The van der Waals surface area contributed by atoms with Gasteiger partial charge in [-0.25, -0.2) is 0 Å². The molecular formula is C21H39NO2. The predicted octanol–water partition coefficient (Wildman–Crippen LogP) is 5.35. The lowest BCUT2D eigenvalue weighted by molar-refractivity contribution is -0.143. The van der Waals surface area contributed by atoms with Crippen LogP contribution in [-0.2, 0) is 9.53 Å². The summed E-state index contributed by atoms with van der Waals surface area (Å²) in [6.45, 7) is 1.54. The zero-order chi connectivity index (χ0) is 17.5. The van der Waals surface area contributed by atoms with Gasteiger partial charge in [-0.15, -0.1) is 0 Å². The van der Waals surface area contributed by atoms with E-state index >= 15 is 0 Å². The van der Waals surface area contributed by atoms with Crippen molar-refractivity contribution in [2.45, 2.75) is 83.5 Å². The highest BCUT2D eigenvalue weighted by atomic mass is 16.5. The van der Waals surface area contributed by atoms with Gasteiger partial charge in [-0.2, -0.15) is 0 Å². The first kappa shape index (κ1) is 21.2. The molecule has 140 valence electrons. The van der Waals surface area contributed by atoms with Crippen LogP contribution in [0.1, 0.15) is 83.5 Å². The van der Waals surface area contributed by atoms with E-state index in [0.717, 1.165) is 25.3 Å². The second-order valence-electron chi connectivity index (χ2n) is 7.51. The van der Waals surface area contributed by atoms with Crippen LogP contribution in [0.25, 0.3) is 0 Å². The van der Waals surface area contributed by atoms with E-state index in [-0.39, 0.29) is 5.97 Å². The third-order valence-corrected chi connectivity index (χ3v) is 4.83. The third kappa shape index (κ3) is 12.6. The number of rotatable bonds is 15. The fourth-order valence-electron chi connectivity index (χ4n) is 3.31. The summed E-state index contributed by atoms with van der Waals surface area (Å²) < 4.78 is 5.24. The van der Waals surface area contributed by atoms with E-state index in [1.54, 1.807) is 0 Å². The van der Waals surface area contributed by atoms with E-state index in [1.807, 2.05) is 14.1 Å². The Bertz CT molecular complexity index is 339. The number of hydrogen-bond acceptors (Lipinski definition) is 3. The molecule has 1 unspecified atom stereocenters. The van der Waals surface area contributed by atoms with Gasteiger partial charge in [-0.3, -0.25) is 4.79 Å². The van der Waals surface area contributed by atoms with E-state index in [0.29, 0.717) is 13.0 Å². The summed E-state index contributed by atoms with van der Waals surface area (Å²) in [5, 5.41) is 0. The van der Waals surface area contributed by atoms with E-state index in [9.17, 15) is 4.79 Å². The van der Waals surface area contributed by atoms with Gasteiger partial charge in [0.15, 0.2) is 0 Å². The van der Waals surface area contributed by atoms with Crippen molar-refractivity contribution < 1.29 is 9.53 Å². The molecule has 0 aromatic heterocycles. The minimum Gasteiger partial charge on any atom is -0.466 e. The van der Waals surface area contributed by atoms with Gasteiger partial charge in [0.25, 0.3) is 0 Å². The zero-order valence-corrected chi connectivity index (χ0v) is 16.1. The maximum atomic E-state index is 11.6. The van der Waals surface area contributed by atoms with Crippen molar-refractivity contribution in [3.8, 4) is 0 Å². The first-order valence-electron chi connectivity index (χ1n) is 10.2. The third-order valence-electron chi connectivity index (χ3n) is 4.83. The van der Waals surface area contributed by atoms with Crippen LogP contribution in [0.15, 0.2) is 12.2 Å². The Kier molecular flexibility index (Phi) is 12.8. The highest BCUT2D eigenvalue weighted by Gasteiger charge is 2.07. The summed E-state index contributed by atoms with van der Waals surface area (Å²) in [4.78, 5) is 13.7. The van der Waals surface area contributed by atoms with Crippen molar-refractivity contribution in [1.29, 1.82) is 0 Å². The topological polar surface area (TPSA) is 29.5 Å². The molecule has 0 radical (unpaired) electrons. The van der Waals surface area contributed by atoms with Crippen molar-refractivity contribution in [3.63, 3.8) is 0 Å². The lowest BCUT2D eigenvalue weighted by Gasteiger charge is -2.09. The summed E-state index contributed by atoms with van der Waals surface area (Å²) in [5.74, 6) is 0.863. The number of allylic oxidation sites excluding steroid dienone is 2. The molecule has 0 spiro atoms. The lowest BCUT2D eigenvalue weighted by atomic mass is 9.99. The summed E-state index contributed by atoms with van der Waals surface area (Å²) in [7, 11) is 4.07. The van der Waals surface area contributed by atoms with Gasteiger partial charge in [0.2, 0.25) is 0 Å². The molecule has 0 N–H and O–H groups in total. The molecule has 1 atom stereocenters. The van der Waals surface area contributed by atoms with Gasteiger partial charge < -0.3 is 9.64 Å². The molecule has 1 rings (SSSR count). The standard InChI is InChI=1S/C21H39NO2/c1-22(2)18-13-19-24-21(23)17-10-8-6-4-3-5-7-9-14-20-15-11-12-16-20/h11,15,20H,3-10,12-14,16-19H2,1-2H3. The number of unbranched alkanes of at least 4 members (excludes halogenated alkanes) is 7. The molecule has 24 heavy (non-hydrogen) atoms. The Morgan fingerprint density at radius 2 is 1.67 bits per heavy atom. The smallest absolute Gasteiger partial charge is 0.305 e. The molecule has 1 aliphatic rings. The summed E-state index contributed by atoms with van der Waals surface area (Å²) in [6.07, 6.45) is 20.6. The average Bonchev–Trinajstić information content (AvgIpc) is 3.06. The van der Waals surface area contributed by atoms with E-state index in [2.05, 4.69) is 17.1 Å². The van der Waals surface area contributed by atoms with Crippen molar-refractivity contribution in [2.75, 3.05) is 27.2 Å². The van der Waals surface area contributed by atoms with Crippen molar-refractivity contribution >= 4 is 5.97 Å².